The van der Waals surface area contributed by atoms with Crippen molar-refractivity contribution in [3.8, 4) is 0 Å². The van der Waals surface area contributed by atoms with Crippen LogP contribution in [0.1, 0.15) is 41.5 Å². The van der Waals surface area contributed by atoms with Gasteiger partial charge in [-0.05, 0) is 30.1 Å². The quantitative estimate of drug-likeness (QED) is 0.673. The van der Waals surface area contributed by atoms with E-state index in [1.165, 1.54) is 16.9 Å². The predicted octanol–water partition coefficient (Wildman–Crippen LogP) is 3.07. The minimum absolute atomic E-state index is 0.0513. The molecule has 6 heteroatoms. The van der Waals surface area contributed by atoms with Gasteiger partial charge in [0.05, 0.1) is 10.9 Å². The summed E-state index contributed by atoms with van der Waals surface area (Å²) in [5.41, 5.74) is 1.20. The Kier molecular flexibility index (Phi) is 8.31. The summed E-state index contributed by atoms with van der Waals surface area (Å²) in [6, 6.07) is 14.0. The first-order valence-electron chi connectivity index (χ1n) is 9.03. The van der Waals surface area contributed by atoms with Crippen LogP contribution in [-0.2, 0) is 4.79 Å². The van der Waals surface area contributed by atoms with E-state index in [0.717, 1.165) is 13.1 Å². The smallest absolute Gasteiger partial charge is 0.261 e. The Morgan fingerprint density at radius 1 is 1.04 bits per heavy atom. The molecule has 0 fully saturated rings. The molecular formula is C20H27N3O2S. The van der Waals surface area contributed by atoms with E-state index in [9.17, 15) is 9.59 Å². The van der Waals surface area contributed by atoms with Gasteiger partial charge in [-0.25, -0.2) is 0 Å². The maximum Gasteiger partial charge on any atom is 0.261 e. The first kappa shape index (κ1) is 20.1. The number of carbonyl (C=O) groups is 2. The minimum Gasteiger partial charge on any atom is -0.354 e. The molecule has 26 heavy (non-hydrogen) atoms. The number of carbonyl (C=O) groups excluding carboxylic acids is 2. The second-order valence-corrected chi connectivity index (χ2v) is 6.88. The van der Waals surface area contributed by atoms with E-state index in [1.54, 1.807) is 6.07 Å². The Hall–Kier alpha value is -2.18. The van der Waals surface area contributed by atoms with Crippen molar-refractivity contribution < 1.29 is 9.59 Å². The van der Waals surface area contributed by atoms with Crippen molar-refractivity contribution in [2.45, 2.75) is 26.3 Å². The largest absolute Gasteiger partial charge is 0.354 e. The van der Waals surface area contributed by atoms with Gasteiger partial charge in [-0.1, -0.05) is 50.2 Å². The van der Waals surface area contributed by atoms with Crippen molar-refractivity contribution in [3.63, 3.8) is 0 Å². The fourth-order valence-electron chi connectivity index (χ4n) is 2.88. The lowest BCUT2D eigenvalue weighted by Gasteiger charge is -2.30. The van der Waals surface area contributed by atoms with Gasteiger partial charge in [0.25, 0.3) is 5.91 Å². The lowest BCUT2D eigenvalue weighted by atomic mass is 10.1. The van der Waals surface area contributed by atoms with E-state index < -0.39 is 0 Å². The van der Waals surface area contributed by atoms with Crippen LogP contribution in [0, 0.1) is 0 Å². The number of nitrogens with one attached hydrogen (secondary N) is 2. The fourth-order valence-corrected chi connectivity index (χ4v) is 3.52. The fraction of sp³-hybridized carbons (Fsp3) is 0.400. The van der Waals surface area contributed by atoms with Gasteiger partial charge in [0.15, 0.2) is 0 Å². The third-order valence-electron chi connectivity index (χ3n) is 4.31. The van der Waals surface area contributed by atoms with Crippen LogP contribution in [-0.4, -0.2) is 42.9 Å². The van der Waals surface area contributed by atoms with E-state index >= 15 is 0 Å². The highest BCUT2D eigenvalue weighted by molar-refractivity contribution is 7.12. The molecule has 2 amide bonds. The van der Waals surface area contributed by atoms with Crippen LogP contribution in [0.5, 0.6) is 0 Å². The monoisotopic (exact) mass is 373 g/mol. The molecule has 0 spiro atoms. The van der Waals surface area contributed by atoms with Crippen LogP contribution in [0.25, 0.3) is 0 Å². The van der Waals surface area contributed by atoms with Crippen LogP contribution in [0.15, 0.2) is 47.8 Å². The average molecular weight is 374 g/mol. The zero-order chi connectivity index (χ0) is 18.8. The van der Waals surface area contributed by atoms with Crippen LogP contribution < -0.4 is 10.6 Å². The molecule has 0 unspecified atom stereocenters. The minimum atomic E-state index is -0.127. The molecule has 1 heterocycles. The molecule has 0 aliphatic heterocycles. The lowest BCUT2D eigenvalue weighted by Crippen LogP contribution is -2.39. The molecule has 0 bridgehead atoms. The zero-order valence-electron chi connectivity index (χ0n) is 15.4. The molecule has 1 atom stereocenters. The number of hydrogen-bond donors (Lipinski definition) is 2. The molecule has 0 aliphatic rings. The normalized spacial score (nSPS) is 12.0. The van der Waals surface area contributed by atoms with Crippen LogP contribution in [0.3, 0.4) is 0 Å². The summed E-state index contributed by atoms with van der Waals surface area (Å²) >= 11 is 1.39. The van der Waals surface area contributed by atoms with Gasteiger partial charge in [0.2, 0.25) is 5.91 Å². The van der Waals surface area contributed by atoms with Crippen molar-refractivity contribution in [3.05, 3.63) is 58.3 Å². The van der Waals surface area contributed by atoms with Crippen LogP contribution in [0.2, 0.25) is 0 Å². The van der Waals surface area contributed by atoms with Crippen LogP contribution >= 0.6 is 11.3 Å². The number of thiophene rings is 1. The summed E-state index contributed by atoms with van der Waals surface area (Å²) in [6.45, 7) is 6.99. The molecule has 2 N–H and O–H groups in total. The molecule has 0 radical (unpaired) electrons. The summed E-state index contributed by atoms with van der Waals surface area (Å²) in [5, 5.41) is 7.65. The first-order chi connectivity index (χ1) is 12.7. The molecule has 1 aromatic heterocycles. The molecule has 5 nitrogen and oxygen atoms in total. The molecular weight excluding hydrogens is 346 g/mol. The molecule has 0 aliphatic carbocycles. The predicted molar refractivity (Wildman–Crippen MR) is 106 cm³/mol. The van der Waals surface area contributed by atoms with Crippen molar-refractivity contribution in [1.82, 2.24) is 15.5 Å². The highest BCUT2D eigenvalue weighted by Gasteiger charge is 2.18. The second-order valence-electron chi connectivity index (χ2n) is 5.93. The summed E-state index contributed by atoms with van der Waals surface area (Å²) in [7, 11) is 0. The standard InChI is InChI=1S/C20H27N3O2S/c1-3-23(4-2)17(16-9-6-5-7-10-16)15-22-19(24)12-13-21-20(25)18-11-8-14-26-18/h5-11,14,17H,3-4,12-13,15H2,1-2H3,(H,21,25)(H,22,24)/t17-/m0/s1. The van der Waals surface area contributed by atoms with Crippen molar-refractivity contribution in [1.29, 1.82) is 0 Å². The summed E-state index contributed by atoms with van der Waals surface area (Å²) in [4.78, 5) is 27.0. The average Bonchev–Trinajstić information content (AvgIpc) is 3.20. The van der Waals surface area contributed by atoms with E-state index in [2.05, 4.69) is 41.5 Å². The zero-order valence-corrected chi connectivity index (χ0v) is 16.2. The van der Waals surface area contributed by atoms with Crippen LogP contribution in [0.4, 0.5) is 0 Å². The van der Waals surface area contributed by atoms with Crippen molar-refractivity contribution in [2.24, 2.45) is 0 Å². The number of likely N-dealkylation sites (N-methyl/N-ethyl adjacent to an activating group) is 1. The summed E-state index contributed by atoms with van der Waals surface area (Å²) in [6.07, 6.45) is 0.275. The Morgan fingerprint density at radius 3 is 2.38 bits per heavy atom. The van der Waals surface area contributed by atoms with Gasteiger partial charge >= 0.3 is 0 Å². The molecule has 2 rings (SSSR count). The number of nitrogens with zero attached hydrogens (tertiary/aromatic N) is 1. The maximum atomic E-state index is 12.2. The second kappa shape index (κ2) is 10.7. The Morgan fingerprint density at radius 2 is 1.77 bits per heavy atom. The third-order valence-corrected chi connectivity index (χ3v) is 5.18. The van der Waals surface area contributed by atoms with Gasteiger partial charge in [0, 0.05) is 19.5 Å². The van der Waals surface area contributed by atoms with E-state index in [-0.39, 0.29) is 24.3 Å². The Bertz CT molecular complexity index is 670. The molecule has 1 aromatic carbocycles. The molecule has 0 saturated carbocycles. The molecule has 0 saturated heterocycles. The number of rotatable bonds is 10. The lowest BCUT2D eigenvalue weighted by molar-refractivity contribution is -0.121. The van der Waals surface area contributed by atoms with Gasteiger partial charge in [-0.15, -0.1) is 11.3 Å². The number of benzene rings is 1. The molecule has 2 aromatic rings. The topological polar surface area (TPSA) is 61.4 Å². The van der Waals surface area contributed by atoms with Crippen molar-refractivity contribution in [2.75, 3.05) is 26.2 Å². The van der Waals surface area contributed by atoms with Gasteiger partial charge < -0.3 is 10.6 Å². The van der Waals surface area contributed by atoms with Gasteiger partial charge in [-0.3, -0.25) is 14.5 Å². The SMILES string of the molecule is CCN(CC)[C@@H](CNC(=O)CCNC(=O)c1cccs1)c1ccccc1. The highest BCUT2D eigenvalue weighted by atomic mass is 32.1. The third kappa shape index (κ3) is 5.97. The van der Waals surface area contributed by atoms with Gasteiger partial charge in [0.1, 0.15) is 0 Å². The maximum absolute atomic E-state index is 12.2. The summed E-state index contributed by atoms with van der Waals surface area (Å²) < 4.78 is 0. The van der Waals surface area contributed by atoms with Gasteiger partial charge in [-0.2, -0.15) is 0 Å². The van der Waals surface area contributed by atoms with E-state index in [4.69, 9.17) is 0 Å². The van der Waals surface area contributed by atoms with E-state index in [1.807, 2.05) is 29.6 Å². The Balaban J connectivity index is 1.82. The summed E-state index contributed by atoms with van der Waals surface area (Å²) in [5.74, 6) is -0.178. The van der Waals surface area contributed by atoms with E-state index in [0.29, 0.717) is 18.0 Å². The first-order valence-corrected chi connectivity index (χ1v) is 9.91. The number of amides is 2. The highest BCUT2D eigenvalue weighted by Crippen LogP contribution is 2.19. The molecule has 140 valence electrons. The Labute approximate surface area is 159 Å². The van der Waals surface area contributed by atoms with Crippen molar-refractivity contribution >= 4 is 23.2 Å². The number of hydrogen-bond acceptors (Lipinski definition) is 4.